The lowest BCUT2D eigenvalue weighted by atomic mass is 10.1. The van der Waals surface area contributed by atoms with Gasteiger partial charge in [-0.1, -0.05) is 11.6 Å². The monoisotopic (exact) mass is 304 g/mol. The Kier molecular flexibility index (Phi) is 4.41. The molecule has 0 atom stereocenters. The topological polar surface area (TPSA) is 76.1 Å². The number of hydrogen-bond acceptors (Lipinski definition) is 4. The normalized spacial score (nSPS) is 9.95. The maximum absolute atomic E-state index is 13.1. The van der Waals surface area contributed by atoms with E-state index in [-0.39, 0.29) is 22.8 Å². The molecular weight excluding hydrogens is 295 g/mol. The van der Waals surface area contributed by atoms with Crippen LogP contribution in [0, 0.1) is 17.1 Å². The second-order valence-corrected chi connectivity index (χ2v) is 4.63. The van der Waals surface area contributed by atoms with Gasteiger partial charge in [0.25, 0.3) is 0 Å². The summed E-state index contributed by atoms with van der Waals surface area (Å²) in [6.07, 6.45) is 0. The first-order chi connectivity index (χ1) is 10.0. The Bertz CT molecular complexity index is 741. The number of hydrogen-bond donors (Lipinski definition) is 1. The molecule has 0 fully saturated rings. The van der Waals surface area contributed by atoms with Crippen LogP contribution in [0.5, 0.6) is 0 Å². The first-order valence-electron chi connectivity index (χ1n) is 5.92. The largest absolute Gasteiger partial charge is 0.457 e. The number of nitrogen functional groups attached to an aromatic ring is 1. The van der Waals surface area contributed by atoms with E-state index in [0.717, 1.165) is 6.07 Å². The quantitative estimate of drug-likeness (QED) is 0.697. The number of rotatable bonds is 3. The standard InChI is InChI=1S/C15H10ClFN2O2/c16-13-6-9(2-4-14(13)19)15(20)21-8-11-5-12(17)3-1-10(11)7-18/h1-6H,8,19H2. The van der Waals surface area contributed by atoms with Gasteiger partial charge >= 0.3 is 5.97 Å². The van der Waals surface area contributed by atoms with Crippen molar-refractivity contribution in [3.8, 4) is 6.07 Å². The predicted molar refractivity (Wildman–Crippen MR) is 76.1 cm³/mol. The van der Waals surface area contributed by atoms with Crippen LogP contribution in [0.2, 0.25) is 5.02 Å². The lowest BCUT2D eigenvalue weighted by molar-refractivity contribution is 0.0472. The molecule has 6 heteroatoms. The fourth-order valence-corrected chi connectivity index (χ4v) is 1.85. The number of anilines is 1. The fraction of sp³-hybridized carbons (Fsp3) is 0.0667. The lowest BCUT2D eigenvalue weighted by Gasteiger charge is -2.07. The molecule has 0 aliphatic heterocycles. The zero-order valence-corrected chi connectivity index (χ0v) is 11.5. The zero-order valence-electron chi connectivity index (χ0n) is 10.8. The number of benzene rings is 2. The Hall–Kier alpha value is -2.58. The van der Waals surface area contributed by atoms with Crippen molar-refractivity contribution in [3.05, 3.63) is 63.9 Å². The lowest BCUT2D eigenvalue weighted by Crippen LogP contribution is -2.06. The maximum Gasteiger partial charge on any atom is 0.338 e. The van der Waals surface area contributed by atoms with E-state index in [9.17, 15) is 9.18 Å². The van der Waals surface area contributed by atoms with Crippen molar-refractivity contribution >= 4 is 23.3 Å². The van der Waals surface area contributed by atoms with Gasteiger partial charge in [-0.2, -0.15) is 5.26 Å². The molecule has 2 N–H and O–H groups in total. The first-order valence-corrected chi connectivity index (χ1v) is 6.29. The van der Waals surface area contributed by atoms with Gasteiger partial charge in [-0.3, -0.25) is 0 Å². The molecule has 0 spiro atoms. The van der Waals surface area contributed by atoms with Gasteiger partial charge < -0.3 is 10.5 Å². The van der Waals surface area contributed by atoms with Crippen molar-refractivity contribution in [1.82, 2.24) is 0 Å². The third-order valence-electron chi connectivity index (χ3n) is 2.78. The van der Waals surface area contributed by atoms with Crippen molar-refractivity contribution in [1.29, 1.82) is 5.26 Å². The van der Waals surface area contributed by atoms with Gasteiger partial charge in [-0.25, -0.2) is 9.18 Å². The number of ether oxygens (including phenoxy) is 1. The molecule has 0 aliphatic rings. The fourth-order valence-electron chi connectivity index (χ4n) is 1.67. The molecule has 4 nitrogen and oxygen atoms in total. The second-order valence-electron chi connectivity index (χ2n) is 4.23. The molecule has 0 aromatic heterocycles. The number of esters is 1. The number of nitrogens with two attached hydrogens (primary N) is 1. The average Bonchev–Trinajstić information content (AvgIpc) is 2.47. The minimum Gasteiger partial charge on any atom is -0.457 e. The highest BCUT2D eigenvalue weighted by atomic mass is 35.5. The summed E-state index contributed by atoms with van der Waals surface area (Å²) < 4.78 is 18.2. The van der Waals surface area contributed by atoms with Crippen LogP contribution in [-0.2, 0) is 11.3 Å². The Morgan fingerprint density at radius 1 is 1.33 bits per heavy atom. The molecule has 0 radical (unpaired) electrons. The van der Waals surface area contributed by atoms with Crippen LogP contribution >= 0.6 is 11.6 Å². The van der Waals surface area contributed by atoms with Gasteiger partial charge in [-0.15, -0.1) is 0 Å². The van der Waals surface area contributed by atoms with E-state index >= 15 is 0 Å². The van der Waals surface area contributed by atoms with E-state index in [0.29, 0.717) is 11.3 Å². The molecule has 2 aromatic carbocycles. The smallest absolute Gasteiger partial charge is 0.338 e. The Labute approximate surface area is 125 Å². The highest BCUT2D eigenvalue weighted by Gasteiger charge is 2.11. The Morgan fingerprint density at radius 3 is 2.76 bits per heavy atom. The van der Waals surface area contributed by atoms with Crippen LogP contribution in [0.1, 0.15) is 21.5 Å². The molecule has 0 amide bonds. The SMILES string of the molecule is N#Cc1ccc(F)cc1COC(=O)c1ccc(N)c(Cl)c1. The summed E-state index contributed by atoms with van der Waals surface area (Å²) in [6.45, 7) is -0.207. The van der Waals surface area contributed by atoms with E-state index in [1.165, 1.54) is 30.3 Å². The summed E-state index contributed by atoms with van der Waals surface area (Å²) in [5.74, 6) is -1.14. The van der Waals surface area contributed by atoms with Crippen LogP contribution in [0.15, 0.2) is 36.4 Å². The summed E-state index contributed by atoms with van der Waals surface area (Å²) in [6, 6.07) is 9.91. The summed E-state index contributed by atoms with van der Waals surface area (Å²) in [5, 5.41) is 9.16. The van der Waals surface area contributed by atoms with Gasteiger partial charge in [0.2, 0.25) is 0 Å². The third-order valence-corrected chi connectivity index (χ3v) is 3.11. The molecule has 0 saturated carbocycles. The van der Waals surface area contributed by atoms with Crippen LogP contribution in [0.3, 0.4) is 0 Å². The molecule has 21 heavy (non-hydrogen) atoms. The minimum atomic E-state index is -0.634. The highest BCUT2D eigenvalue weighted by Crippen LogP contribution is 2.20. The molecule has 0 bridgehead atoms. The van der Waals surface area contributed by atoms with Crippen LogP contribution < -0.4 is 5.73 Å². The summed E-state index contributed by atoms with van der Waals surface area (Å²) in [5.41, 5.74) is 6.67. The number of halogens is 2. The average molecular weight is 305 g/mol. The van der Waals surface area contributed by atoms with Gasteiger partial charge in [0.15, 0.2) is 0 Å². The Balaban J connectivity index is 2.13. The Morgan fingerprint density at radius 2 is 2.10 bits per heavy atom. The van der Waals surface area contributed by atoms with Crippen molar-refractivity contribution < 1.29 is 13.9 Å². The molecule has 0 aliphatic carbocycles. The van der Waals surface area contributed by atoms with Crippen molar-refractivity contribution in [2.24, 2.45) is 0 Å². The number of nitrogens with zero attached hydrogens (tertiary/aromatic N) is 1. The van der Waals surface area contributed by atoms with Gasteiger partial charge in [-0.05, 0) is 36.4 Å². The van der Waals surface area contributed by atoms with Gasteiger partial charge in [0, 0.05) is 5.56 Å². The van der Waals surface area contributed by atoms with Gasteiger partial charge in [0.1, 0.15) is 12.4 Å². The predicted octanol–water partition coefficient (Wildman–Crippen LogP) is 3.29. The minimum absolute atomic E-state index is 0.207. The van der Waals surface area contributed by atoms with Crippen LogP contribution in [0.25, 0.3) is 0 Å². The second kappa shape index (κ2) is 6.25. The number of carbonyl (C=O) groups is 1. The molecule has 2 rings (SSSR count). The maximum atomic E-state index is 13.1. The zero-order chi connectivity index (χ0) is 15.4. The van der Waals surface area contributed by atoms with Crippen molar-refractivity contribution in [3.63, 3.8) is 0 Å². The van der Waals surface area contributed by atoms with E-state index in [4.69, 9.17) is 27.3 Å². The molecule has 106 valence electrons. The van der Waals surface area contributed by atoms with E-state index in [1.54, 1.807) is 0 Å². The number of nitriles is 1. The molecule has 0 unspecified atom stereocenters. The van der Waals surface area contributed by atoms with Crippen molar-refractivity contribution in [2.45, 2.75) is 6.61 Å². The summed E-state index contributed by atoms with van der Waals surface area (Å²) >= 11 is 5.82. The van der Waals surface area contributed by atoms with Gasteiger partial charge in [0.05, 0.1) is 27.9 Å². The van der Waals surface area contributed by atoms with E-state index in [2.05, 4.69) is 0 Å². The molecule has 0 saturated heterocycles. The molecular formula is C15H10ClFN2O2. The van der Waals surface area contributed by atoms with Crippen molar-refractivity contribution in [2.75, 3.05) is 5.73 Å². The number of carbonyl (C=O) groups excluding carboxylic acids is 1. The van der Waals surface area contributed by atoms with E-state index < -0.39 is 11.8 Å². The van der Waals surface area contributed by atoms with Crippen LogP contribution in [-0.4, -0.2) is 5.97 Å². The van der Waals surface area contributed by atoms with E-state index in [1.807, 2.05) is 6.07 Å². The van der Waals surface area contributed by atoms with Crippen LogP contribution in [0.4, 0.5) is 10.1 Å². The molecule has 0 heterocycles. The highest BCUT2D eigenvalue weighted by molar-refractivity contribution is 6.33. The summed E-state index contributed by atoms with van der Waals surface area (Å²) in [4.78, 5) is 11.9. The summed E-state index contributed by atoms with van der Waals surface area (Å²) in [7, 11) is 0. The third kappa shape index (κ3) is 3.50. The first kappa shape index (κ1) is 14.8. The molecule has 2 aromatic rings.